The molecule has 0 radical (unpaired) electrons. The molecule has 0 aromatic heterocycles. The van der Waals surface area contributed by atoms with Gasteiger partial charge < -0.3 is 10.4 Å². The Morgan fingerprint density at radius 2 is 2.00 bits per heavy atom. The summed E-state index contributed by atoms with van der Waals surface area (Å²) in [4.78, 5) is 11.7. The molecule has 0 bridgehead atoms. The minimum absolute atomic E-state index is 0.0639. The number of aromatic carboxylic acids is 1. The fourth-order valence-corrected chi connectivity index (χ4v) is 4.43. The van der Waals surface area contributed by atoms with Gasteiger partial charge >= 0.3 is 5.97 Å². The number of rotatable bonds is 2. The van der Waals surface area contributed by atoms with E-state index in [9.17, 15) is 9.90 Å². The van der Waals surface area contributed by atoms with Crippen LogP contribution in [0.5, 0.6) is 0 Å². The summed E-state index contributed by atoms with van der Waals surface area (Å²) in [6, 6.07) is 11.5. The zero-order valence-corrected chi connectivity index (χ0v) is 15.0. The zero-order valence-electron chi connectivity index (χ0n) is 12.7. The molecular weight excluding hydrogens is 390 g/mol. The van der Waals surface area contributed by atoms with Crippen molar-refractivity contribution in [3.05, 3.63) is 74.7 Å². The first-order valence-electron chi connectivity index (χ1n) is 7.80. The molecule has 0 amide bonds. The van der Waals surface area contributed by atoms with E-state index in [2.05, 4.69) is 33.4 Å². The normalized spacial score (nSPS) is 24.2. The quantitative estimate of drug-likeness (QED) is 0.638. The molecule has 1 heterocycles. The van der Waals surface area contributed by atoms with Crippen molar-refractivity contribution in [1.29, 1.82) is 0 Å². The molecule has 0 saturated carbocycles. The first kappa shape index (κ1) is 15.7. The lowest BCUT2D eigenvalue weighted by atomic mass is 9.76. The third kappa shape index (κ3) is 2.54. The van der Waals surface area contributed by atoms with Gasteiger partial charge in [0.05, 0.1) is 17.3 Å². The smallest absolute Gasteiger partial charge is 0.337 e. The first-order valence-corrected chi connectivity index (χ1v) is 8.97. The topological polar surface area (TPSA) is 49.3 Å². The number of anilines is 1. The molecule has 3 nitrogen and oxygen atoms in total. The minimum Gasteiger partial charge on any atom is -0.478 e. The summed E-state index contributed by atoms with van der Waals surface area (Å²) in [5.74, 6) is -0.331. The highest BCUT2D eigenvalue weighted by Crippen LogP contribution is 2.51. The number of hydrogen-bond acceptors (Lipinski definition) is 2. The SMILES string of the molecule is O=C(O)c1cc(Br)cc2c1N[C@H](c1ccc(Cl)cc1)C1CC=CC21. The molecule has 2 N–H and O–H groups in total. The molecule has 122 valence electrons. The van der Waals surface area contributed by atoms with E-state index >= 15 is 0 Å². The van der Waals surface area contributed by atoms with Gasteiger partial charge in [-0.15, -0.1) is 0 Å². The van der Waals surface area contributed by atoms with E-state index in [1.165, 1.54) is 0 Å². The van der Waals surface area contributed by atoms with Gasteiger partial charge in [0.1, 0.15) is 0 Å². The molecule has 0 fully saturated rings. The van der Waals surface area contributed by atoms with E-state index in [1.807, 2.05) is 30.3 Å². The molecule has 2 aliphatic rings. The largest absolute Gasteiger partial charge is 0.478 e. The first-order chi connectivity index (χ1) is 11.5. The fraction of sp³-hybridized carbons (Fsp3) is 0.211. The van der Waals surface area contributed by atoms with E-state index in [-0.39, 0.29) is 12.0 Å². The second kappa shape index (κ2) is 5.94. The predicted octanol–water partition coefficient (Wildman–Crippen LogP) is 5.63. The Morgan fingerprint density at radius 1 is 1.25 bits per heavy atom. The maximum absolute atomic E-state index is 11.7. The highest BCUT2D eigenvalue weighted by Gasteiger charge is 2.39. The number of halogens is 2. The van der Waals surface area contributed by atoms with Gasteiger partial charge in [-0.1, -0.05) is 51.8 Å². The maximum atomic E-state index is 11.7. The second-order valence-corrected chi connectivity index (χ2v) is 7.60. The lowest BCUT2D eigenvalue weighted by Crippen LogP contribution is -2.30. The van der Waals surface area contributed by atoms with Crippen LogP contribution in [0.4, 0.5) is 5.69 Å². The Hall–Kier alpha value is -1.78. The average molecular weight is 405 g/mol. The third-order valence-corrected chi connectivity index (χ3v) is 5.60. The molecular formula is C19H15BrClNO2. The fourth-order valence-electron chi connectivity index (χ4n) is 3.83. The van der Waals surface area contributed by atoms with Crippen LogP contribution in [-0.4, -0.2) is 11.1 Å². The summed E-state index contributed by atoms with van der Waals surface area (Å²) in [5, 5.41) is 13.8. The van der Waals surface area contributed by atoms with Crippen molar-refractivity contribution in [2.24, 2.45) is 5.92 Å². The predicted molar refractivity (Wildman–Crippen MR) is 98.9 cm³/mol. The average Bonchev–Trinajstić information content (AvgIpc) is 3.04. The molecule has 1 aliphatic carbocycles. The highest BCUT2D eigenvalue weighted by atomic mass is 79.9. The molecule has 3 atom stereocenters. The lowest BCUT2D eigenvalue weighted by molar-refractivity contribution is 0.0697. The van der Waals surface area contributed by atoms with E-state index in [0.29, 0.717) is 16.5 Å². The molecule has 4 rings (SSSR count). The summed E-state index contributed by atoms with van der Waals surface area (Å²) >= 11 is 9.46. The van der Waals surface area contributed by atoms with Crippen LogP contribution >= 0.6 is 27.5 Å². The summed E-state index contributed by atoms with van der Waals surface area (Å²) in [7, 11) is 0. The maximum Gasteiger partial charge on any atom is 0.337 e. The summed E-state index contributed by atoms with van der Waals surface area (Å²) in [5.41, 5.74) is 3.20. The number of fused-ring (bicyclic) bond motifs is 3. The summed E-state index contributed by atoms with van der Waals surface area (Å²) < 4.78 is 0.796. The Kier molecular flexibility index (Phi) is 3.89. The van der Waals surface area contributed by atoms with Crippen molar-refractivity contribution >= 4 is 39.2 Å². The molecule has 2 aromatic carbocycles. The monoisotopic (exact) mass is 403 g/mol. The van der Waals surface area contributed by atoms with Crippen molar-refractivity contribution in [3.63, 3.8) is 0 Å². The third-order valence-electron chi connectivity index (χ3n) is 4.89. The van der Waals surface area contributed by atoms with Gasteiger partial charge in [-0.2, -0.15) is 0 Å². The number of carbonyl (C=O) groups is 1. The van der Waals surface area contributed by atoms with Gasteiger partial charge in [-0.05, 0) is 47.7 Å². The van der Waals surface area contributed by atoms with Crippen molar-refractivity contribution < 1.29 is 9.90 Å². The van der Waals surface area contributed by atoms with Crippen LogP contribution < -0.4 is 5.32 Å². The van der Waals surface area contributed by atoms with Gasteiger partial charge in [0.2, 0.25) is 0 Å². The summed E-state index contributed by atoms with van der Waals surface area (Å²) in [6.07, 6.45) is 5.36. The number of carboxylic acids is 1. The zero-order chi connectivity index (χ0) is 16.8. The molecule has 0 spiro atoms. The van der Waals surface area contributed by atoms with E-state index in [4.69, 9.17) is 11.6 Å². The van der Waals surface area contributed by atoms with Crippen molar-refractivity contribution in [3.8, 4) is 0 Å². The number of allylic oxidation sites excluding steroid dienone is 2. The number of benzene rings is 2. The highest BCUT2D eigenvalue weighted by molar-refractivity contribution is 9.10. The van der Waals surface area contributed by atoms with Gasteiger partial charge in [-0.25, -0.2) is 4.79 Å². The molecule has 2 unspecified atom stereocenters. The molecule has 2 aromatic rings. The van der Waals surface area contributed by atoms with Crippen molar-refractivity contribution in [2.75, 3.05) is 5.32 Å². The minimum atomic E-state index is -0.921. The van der Waals surface area contributed by atoms with Gasteiger partial charge in [0.15, 0.2) is 0 Å². The molecule has 5 heteroatoms. The molecule has 1 aliphatic heterocycles. The van der Waals surface area contributed by atoms with Crippen LogP contribution in [0, 0.1) is 5.92 Å². The van der Waals surface area contributed by atoms with Crippen LogP contribution in [0.3, 0.4) is 0 Å². The Bertz CT molecular complexity index is 847. The van der Waals surface area contributed by atoms with Crippen LogP contribution in [-0.2, 0) is 0 Å². The van der Waals surface area contributed by atoms with Crippen LogP contribution in [0.1, 0.15) is 39.9 Å². The van der Waals surface area contributed by atoms with Crippen LogP contribution in [0.25, 0.3) is 0 Å². The van der Waals surface area contributed by atoms with Crippen molar-refractivity contribution in [1.82, 2.24) is 0 Å². The molecule has 0 saturated heterocycles. The Morgan fingerprint density at radius 3 is 2.71 bits per heavy atom. The van der Waals surface area contributed by atoms with Crippen LogP contribution in [0.2, 0.25) is 5.02 Å². The van der Waals surface area contributed by atoms with Crippen molar-refractivity contribution in [2.45, 2.75) is 18.4 Å². The molecule has 24 heavy (non-hydrogen) atoms. The van der Waals surface area contributed by atoms with Gasteiger partial charge in [-0.3, -0.25) is 0 Å². The van der Waals surface area contributed by atoms with Gasteiger partial charge in [0, 0.05) is 15.4 Å². The second-order valence-electron chi connectivity index (χ2n) is 6.25. The van der Waals surface area contributed by atoms with E-state index < -0.39 is 5.97 Å². The summed E-state index contributed by atoms with van der Waals surface area (Å²) in [6.45, 7) is 0. The number of nitrogens with one attached hydrogen (secondary N) is 1. The van der Waals surface area contributed by atoms with E-state index in [1.54, 1.807) is 6.07 Å². The standard InChI is InChI=1S/C19H15BrClNO2/c20-11-8-15-13-2-1-3-14(13)17(10-4-6-12(21)7-5-10)22-18(15)16(9-11)19(23)24/h1-2,4-9,13-14,17,22H,3H2,(H,23,24)/t13?,14?,17-/m1/s1. The Balaban J connectivity index is 1.86. The lowest BCUT2D eigenvalue weighted by Gasteiger charge is -2.38. The number of hydrogen-bond donors (Lipinski definition) is 2. The van der Waals surface area contributed by atoms with Gasteiger partial charge in [0.25, 0.3) is 0 Å². The number of carboxylic acid groups (broad SMARTS) is 1. The van der Waals surface area contributed by atoms with Crippen LogP contribution in [0.15, 0.2) is 53.0 Å². The van der Waals surface area contributed by atoms with E-state index in [0.717, 1.165) is 27.7 Å². The Labute approximate surface area is 153 Å².